The minimum absolute atomic E-state index is 0.198. The Hall–Kier alpha value is -1.97. The smallest absolute Gasteiger partial charge is 0.420 e. The highest BCUT2D eigenvalue weighted by Gasteiger charge is 2.35. The summed E-state index contributed by atoms with van der Waals surface area (Å²) in [6, 6.07) is 13.3. The van der Waals surface area contributed by atoms with Crippen molar-refractivity contribution < 1.29 is 17.9 Å². The molecule has 0 fully saturated rings. The molecule has 0 aliphatic rings. The fraction of sp³-hybridized carbons (Fsp3) is 0.143. The third kappa shape index (κ3) is 2.64. The number of alkyl halides is 3. The first-order chi connectivity index (χ1) is 8.48. The second-order valence-electron chi connectivity index (χ2n) is 3.78. The van der Waals surface area contributed by atoms with E-state index in [0.29, 0.717) is 11.3 Å². The van der Waals surface area contributed by atoms with Crippen LogP contribution in [0.3, 0.4) is 0 Å². The number of rotatable bonds is 2. The molecule has 0 aliphatic carbocycles. The molecule has 93 valence electrons. The highest BCUT2D eigenvalue weighted by molar-refractivity contribution is 5.44. The van der Waals surface area contributed by atoms with E-state index in [1.165, 1.54) is 12.1 Å². The van der Waals surface area contributed by atoms with Crippen LogP contribution in [0.5, 0.6) is 11.5 Å². The molecule has 0 spiro atoms. The van der Waals surface area contributed by atoms with E-state index in [-0.39, 0.29) is 5.75 Å². The van der Waals surface area contributed by atoms with Crippen LogP contribution in [-0.4, -0.2) is 0 Å². The third-order valence-electron chi connectivity index (χ3n) is 2.39. The van der Waals surface area contributed by atoms with Crippen molar-refractivity contribution in [2.75, 3.05) is 0 Å². The molecule has 0 amide bonds. The van der Waals surface area contributed by atoms with Crippen LogP contribution in [0.4, 0.5) is 13.2 Å². The largest absolute Gasteiger partial charge is 0.456 e. The Morgan fingerprint density at radius 3 is 2.33 bits per heavy atom. The summed E-state index contributed by atoms with van der Waals surface area (Å²) < 4.78 is 43.8. The standard InChI is InChI=1S/C14H10F3O/c1-10-6-5-9-12(14(15,16)17)13(10)18-11-7-3-2-4-8-11/h2-8H,1H3. The normalized spacial score (nSPS) is 11.3. The second-order valence-corrected chi connectivity index (χ2v) is 3.78. The molecule has 0 aliphatic heterocycles. The lowest BCUT2D eigenvalue weighted by Gasteiger charge is -2.15. The fourth-order valence-corrected chi connectivity index (χ4v) is 1.54. The summed E-state index contributed by atoms with van der Waals surface area (Å²) >= 11 is 0. The Balaban J connectivity index is 2.44. The Morgan fingerprint density at radius 1 is 1.06 bits per heavy atom. The predicted molar refractivity (Wildman–Crippen MR) is 61.5 cm³/mol. The van der Waals surface area contributed by atoms with Crippen molar-refractivity contribution in [2.24, 2.45) is 0 Å². The van der Waals surface area contributed by atoms with E-state index >= 15 is 0 Å². The molecular weight excluding hydrogens is 241 g/mol. The zero-order valence-electron chi connectivity index (χ0n) is 9.58. The Bertz CT molecular complexity index is 532. The SMILES string of the molecule is Cc1cc[c]c(C(F)(F)F)c1Oc1ccccc1. The molecule has 2 rings (SSSR count). The van der Waals surface area contributed by atoms with Gasteiger partial charge in [0.1, 0.15) is 17.1 Å². The molecule has 0 heterocycles. The molecule has 0 unspecified atom stereocenters. The lowest BCUT2D eigenvalue weighted by Crippen LogP contribution is -2.08. The molecule has 0 atom stereocenters. The van der Waals surface area contributed by atoms with E-state index in [0.717, 1.165) is 0 Å². The van der Waals surface area contributed by atoms with Gasteiger partial charge in [-0.25, -0.2) is 0 Å². The molecular formula is C14H10F3O. The van der Waals surface area contributed by atoms with Crippen molar-refractivity contribution in [3.8, 4) is 11.5 Å². The lowest BCUT2D eigenvalue weighted by molar-refractivity contribution is -0.138. The van der Waals surface area contributed by atoms with Gasteiger partial charge in [-0.15, -0.1) is 0 Å². The van der Waals surface area contributed by atoms with Crippen LogP contribution in [-0.2, 0) is 6.18 Å². The van der Waals surface area contributed by atoms with Crippen molar-refractivity contribution in [2.45, 2.75) is 13.1 Å². The van der Waals surface area contributed by atoms with Crippen LogP contribution in [0.1, 0.15) is 11.1 Å². The van der Waals surface area contributed by atoms with E-state index in [9.17, 15) is 13.2 Å². The molecule has 0 N–H and O–H groups in total. The van der Waals surface area contributed by atoms with Crippen LogP contribution >= 0.6 is 0 Å². The molecule has 1 nitrogen and oxygen atoms in total. The second kappa shape index (κ2) is 4.72. The summed E-state index contributed by atoms with van der Waals surface area (Å²) in [6.07, 6.45) is -4.48. The van der Waals surface area contributed by atoms with Gasteiger partial charge in [0.15, 0.2) is 0 Å². The Kier molecular flexibility index (Phi) is 3.28. The number of hydrogen-bond acceptors (Lipinski definition) is 1. The molecule has 0 aromatic heterocycles. The average molecular weight is 251 g/mol. The van der Waals surface area contributed by atoms with Crippen molar-refractivity contribution in [1.29, 1.82) is 0 Å². The van der Waals surface area contributed by atoms with Gasteiger partial charge in [0, 0.05) is 0 Å². The minimum atomic E-state index is -4.48. The lowest BCUT2D eigenvalue weighted by atomic mass is 10.1. The van der Waals surface area contributed by atoms with Gasteiger partial charge in [-0.2, -0.15) is 13.2 Å². The van der Waals surface area contributed by atoms with Gasteiger partial charge in [0.25, 0.3) is 0 Å². The van der Waals surface area contributed by atoms with Crippen LogP contribution in [0, 0.1) is 13.0 Å². The number of benzene rings is 2. The number of hydrogen-bond donors (Lipinski definition) is 0. The number of para-hydroxylation sites is 1. The minimum Gasteiger partial charge on any atom is -0.456 e. The highest BCUT2D eigenvalue weighted by Crippen LogP contribution is 2.39. The molecule has 18 heavy (non-hydrogen) atoms. The molecule has 0 saturated heterocycles. The van der Waals surface area contributed by atoms with E-state index in [4.69, 9.17) is 4.74 Å². The first kappa shape index (κ1) is 12.5. The maximum atomic E-state index is 12.8. The van der Waals surface area contributed by atoms with Gasteiger partial charge in [0.2, 0.25) is 0 Å². The molecule has 0 bridgehead atoms. The number of ether oxygens (including phenoxy) is 1. The highest BCUT2D eigenvalue weighted by atomic mass is 19.4. The van der Waals surface area contributed by atoms with Crippen molar-refractivity contribution in [3.05, 3.63) is 59.7 Å². The molecule has 2 aromatic carbocycles. The van der Waals surface area contributed by atoms with Crippen molar-refractivity contribution in [3.63, 3.8) is 0 Å². The monoisotopic (exact) mass is 251 g/mol. The van der Waals surface area contributed by atoms with Gasteiger partial charge in [-0.05, 0) is 30.7 Å². The van der Waals surface area contributed by atoms with Gasteiger partial charge >= 0.3 is 6.18 Å². The van der Waals surface area contributed by atoms with E-state index < -0.39 is 11.7 Å². The maximum absolute atomic E-state index is 12.8. The van der Waals surface area contributed by atoms with Crippen LogP contribution in [0.25, 0.3) is 0 Å². The number of aryl methyl sites for hydroxylation is 1. The zero-order chi connectivity index (χ0) is 13.2. The predicted octanol–water partition coefficient (Wildman–Crippen LogP) is 4.61. The zero-order valence-corrected chi connectivity index (χ0v) is 9.58. The van der Waals surface area contributed by atoms with Gasteiger partial charge < -0.3 is 4.74 Å². The van der Waals surface area contributed by atoms with Crippen molar-refractivity contribution >= 4 is 0 Å². The molecule has 2 aromatic rings. The van der Waals surface area contributed by atoms with E-state index in [2.05, 4.69) is 6.07 Å². The average Bonchev–Trinajstić information content (AvgIpc) is 2.32. The summed E-state index contributed by atoms with van der Waals surface area (Å²) in [5.41, 5.74) is -0.462. The van der Waals surface area contributed by atoms with E-state index in [1.54, 1.807) is 37.3 Å². The Labute approximate surface area is 103 Å². The van der Waals surface area contributed by atoms with Gasteiger partial charge in [0.05, 0.1) is 0 Å². The van der Waals surface area contributed by atoms with E-state index in [1.807, 2.05) is 0 Å². The van der Waals surface area contributed by atoms with Crippen LogP contribution in [0.15, 0.2) is 42.5 Å². The topological polar surface area (TPSA) is 9.23 Å². The summed E-state index contributed by atoms with van der Waals surface area (Å²) in [7, 11) is 0. The molecule has 0 saturated carbocycles. The first-order valence-electron chi connectivity index (χ1n) is 5.30. The summed E-state index contributed by atoms with van der Waals surface area (Å²) in [6.45, 7) is 1.57. The Morgan fingerprint density at radius 2 is 1.72 bits per heavy atom. The van der Waals surface area contributed by atoms with Gasteiger partial charge in [-0.3, -0.25) is 0 Å². The molecule has 4 heteroatoms. The van der Waals surface area contributed by atoms with Crippen LogP contribution < -0.4 is 4.74 Å². The quantitative estimate of drug-likeness (QED) is 0.757. The summed E-state index contributed by atoms with van der Waals surface area (Å²) in [5, 5.41) is 0. The summed E-state index contributed by atoms with van der Waals surface area (Å²) in [4.78, 5) is 0. The van der Waals surface area contributed by atoms with Gasteiger partial charge in [-0.1, -0.05) is 30.3 Å². The third-order valence-corrected chi connectivity index (χ3v) is 2.39. The first-order valence-corrected chi connectivity index (χ1v) is 5.30. The maximum Gasteiger partial charge on any atom is 0.420 e. The molecule has 1 radical (unpaired) electrons. The fourth-order valence-electron chi connectivity index (χ4n) is 1.54. The number of halogens is 3. The van der Waals surface area contributed by atoms with Crippen molar-refractivity contribution in [1.82, 2.24) is 0 Å². The summed E-state index contributed by atoms with van der Waals surface area (Å²) in [5.74, 6) is 0.168. The van der Waals surface area contributed by atoms with Crippen LogP contribution in [0.2, 0.25) is 0 Å².